The molecule has 0 unspecified atom stereocenters. The largest absolute Gasteiger partial charge is 0.492 e. The molecule has 0 atom stereocenters. The Labute approximate surface area is 187 Å². The quantitative estimate of drug-likeness (QED) is 0.581. The zero-order valence-corrected chi connectivity index (χ0v) is 18.4. The van der Waals surface area contributed by atoms with Gasteiger partial charge in [0.15, 0.2) is 0 Å². The van der Waals surface area contributed by atoms with E-state index in [4.69, 9.17) is 16.3 Å². The summed E-state index contributed by atoms with van der Waals surface area (Å²) < 4.78 is 5.77. The van der Waals surface area contributed by atoms with Gasteiger partial charge in [0.25, 0.3) is 5.91 Å². The highest BCUT2D eigenvalue weighted by molar-refractivity contribution is 6.31. The van der Waals surface area contributed by atoms with E-state index in [1.54, 1.807) is 30.3 Å². The molecule has 1 heterocycles. The SMILES string of the molecule is CCCN(C(=O)c1cc(Cl)cc(OCCN(C(=O)O)c2ccncc2)c1)C1CCCC1. The molecule has 0 radical (unpaired) electrons. The Balaban J connectivity index is 1.68. The first-order chi connectivity index (χ1) is 15.0. The van der Waals surface area contributed by atoms with Gasteiger partial charge < -0.3 is 14.7 Å². The van der Waals surface area contributed by atoms with Crippen molar-refractivity contribution in [3.63, 3.8) is 0 Å². The molecule has 0 bridgehead atoms. The van der Waals surface area contributed by atoms with Gasteiger partial charge >= 0.3 is 6.09 Å². The van der Waals surface area contributed by atoms with Crippen LogP contribution in [0.5, 0.6) is 5.75 Å². The van der Waals surface area contributed by atoms with Crippen LogP contribution in [0.1, 0.15) is 49.4 Å². The summed E-state index contributed by atoms with van der Waals surface area (Å²) in [4.78, 5) is 31.8. The van der Waals surface area contributed by atoms with Crippen LogP contribution in [0.15, 0.2) is 42.7 Å². The fourth-order valence-corrected chi connectivity index (χ4v) is 4.18. The number of rotatable bonds is 9. The van der Waals surface area contributed by atoms with Gasteiger partial charge in [-0.1, -0.05) is 31.4 Å². The Morgan fingerprint density at radius 3 is 2.52 bits per heavy atom. The van der Waals surface area contributed by atoms with E-state index in [1.807, 2.05) is 4.90 Å². The second kappa shape index (κ2) is 11.0. The highest BCUT2D eigenvalue weighted by atomic mass is 35.5. The number of aromatic nitrogens is 1. The summed E-state index contributed by atoms with van der Waals surface area (Å²) in [6.07, 6.45) is 7.26. The van der Waals surface area contributed by atoms with Gasteiger partial charge in [-0.2, -0.15) is 0 Å². The molecule has 0 aliphatic heterocycles. The number of hydrogen-bond acceptors (Lipinski definition) is 4. The maximum atomic E-state index is 13.2. The van der Waals surface area contributed by atoms with Gasteiger partial charge in [0.1, 0.15) is 12.4 Å². The summed E-state index contributed by atoms with van der Waals surface area (Å²) in [6.45, 7) is 3.02. The van der Waals surface area contributed by atoms with Crippen LogP contribution in [0.3, 0.4) is 0 Å². The van der Waals surface area contributed by atoms with E-state index < -0.39 is 6.09 Å². The van der Waals surface area contributed by atoms with Crippen LogP contribution in [0.2, 0.25) is 5.02 Å². The molecule has 1 aromatic carbocycles. The number of anilines is 1. The fourth-order valence-electron chi connectivity index (χ4n) is 3.96. The summed E-state index contributed by atoms with van der Waals surface area (Å²) in [5, 5.41) is 9.89. The van der Waals surface area contributed by atoms with Crippen molar-refractivity contribution in [2.45, 2.75) is 45.1 Å². The molecule has 1 fully saturated rings. The first kappa shape index (κ1) is 22.9. The van der Waals surface area contributed by atoms with Gasteiger partial charge in [0.05, 0.1) is 12.2 Å². The molecule has 8 heteroatoms. The van der Waals surface area contributed by atoms with Crippen LogP contribution in [0.25, 0.3) is 0 Å². The fraction of sp³-hybridized carbons (Fsp3) is 0.435. The Hall–Kier alpha value is -2.80. The molecule has 166 valence electrons. The number of carbonyl (C=O) groups is 2. The molecule has 0 spiro atoms. The monoisotopic (exact) mass is 445 g/mol. The lowest BCUT2D eigenvalue weighted by Crippen LogP contribution is -2.39. The van der Waals surface area contributed by atoms with Crippen molar-refractivity contribution in [1.29, 1.82) is 0 Å². The van der Waals surface area contributed by atoms with E-state index in [9.17, 15) is 14.7 Å². The number of carbonyl (C=O) groups excluding carboxylic acids is 1. The first-order valence-corrected chi connectivity index (χ1v) is 11.0. The summed E-state index contributed by atoms with van der Waals surface area (Å²) in [5.41, 5.74) is 1.01. The van der Waals surface area contributed by atoms with Crippen molar-refractivity contribution in [3.8, 4) is 5.75 Å². The molecule has 1 saturated carbocycles. The maximum Gasteiger partial charge on any atom is 0.411 e. The molecular formula is C23H28ClN3O4. The highest BCUT2D eigenvalue weighted by Gasteiger charge is 2.27. The predicted octanol–water partition coefficient (Wildman–Crippen LogP) is 5.09. The molecular weight excluding hydrogens is 418 g/mol. The second-order valence-electron chi connectivity index (χ2n) is 7.60. The molecule has 3 rings (SSSR count). The third kappa shape index (κ3) is 6.10. The van der Waals surface area contributed by atoms with Gasteiger partial charge in [0, 0.05) is 35.6 Å². The van der Waals surface area contributed by atoms with Crippen LogP contribution < -0.4 is 9.64 Å². The molecule has 1 N–H and O–H groups in total. The van der Waals surface area contributed by atoms with Gasteiger partial charge in [-0.05, 0) is 49.6 Å². The lowest BCUT2D eigenvalue weighted by Gasteiger charge is -2.29. The van der Waals surface area contributed by atoms with Crippen LogP contribution in [0, 0.1) is 0 Å². The summed E-state index contributed by atoms with van der Waals surface area (Å²) in [6, 6.07) is 8.50. The maximum absolute atomic E-state index is 13.2. The molecule has 2 aromatic rings. The standard InChI is InChI=1S/C23H28ClN3O4/c1-2-11-26(19-5-3-4-6-19)22(28)17-14-18(24)16-21(15-17)31-13-12-27(23(29)30)20-7-9-25-10-8-20/h7-10,14-16,19H,2-6,11-13H2,1H3,(H,29,30). The van der Waals surface area contributed by atoms with Crippen molar-refractivity contribution in [2.24, 2.45) is 0 Å². The highest BCUT2D eigenvalue weighted by Crippen LogP contribution is 2.27. The van der Waals surface area contributed by atoms with Crippen molar-refractivity contribution in [2.75, 3.05) is 24.6 Å². The Bertz CT molecular complexity index is 888. The van der Waals surface area contributed by atoms with E-state index in [1.165, 1.54) is 17.3 Å². The minimum Gasteiger partial charge on any atom is -0.492 e. The van der Waals surface area contributed by atoms with E-state index in [0.717, 1.165) is 32.1 Å². The average Bonchev–Trinajstić information content (AvgIpc) is 3.29. The molecule has 1 aliphatic carbocycles. The number of nitrogens with zero attached hydrogens (tertiary/aromatic N) is 3. The topological polar surface area (TPSA) is 83.0 Å². The van der Waals surface area contributed by atoms with Gasteiger partial charge in [-0.15, -0.1) is 0 Å². The molecule has 7 nitrogen and oxygen atoms in total. The molecule has 2 amide bonds. The van der Waals surface area contributed by atoms with Crippen LogP contribution in [-0.4, -0.2) is 52.7 Å². The zero-order chi connectivity index (χ0) is 22.2. The number of amides is 2. The van der Waals surface area contributed by atoms with Crippen LogP contribution >= 0.6 is 11.6 Å². The lowest BCUT2D eigenvalue weighted by molar-refractivity contribution is 0.0681. The smallest absolute Gasteiger partial charge is 0.411 e. The third-order valence-electron chi connectivity index (χ3n) is 5.40. The lowest BCUT2D eigenvalue weighted by atomic mass is 10.1. The Kier molecular flexibility index (Phi) is 8.12. The predicted molar refractivity (Wildman–Crippen MR) is 120 cm³/mol. The van der Waals surface area contributed by atoms with E-state index >= 15 is 0 Å². The molecule has 1 aliphatic rings. The Morgan fingerprint density at radius 1 is 1.16 bits per heavy atom. The average molecular weight is 446 g/mol. The number of ether oxygens (including phenoxy) is 1. The van der Waals surface area contributed by atoms with Crippen molar-refractivity contribution in [3.05, 3.63) is 53.3 Å². The normalized spacial score (nSPS) is 13.7. The zero-order valence-electron chi connectivity index (χ0n) is 17.7. The van der Waals surface area contributed by atoms with E-state index in [-0.39, 0.29) is 25.1 Å². The first-order valence-electron chi connectivity index (χ1n) is 10.6. The number of carboxylic acid groups (broad SMARTS) is 1. The second-order valence-corrected chi connectivity index (χ2v) is 8.04. The summed E-state index contributed by atoms with van der Waals surface area (Å²) >= 11 is 6.26. The number of pyridine rings is 1. The minimum absolute atomic E-state index is 0.0370. The summed E-state index contributed by atoms with van der Waals surface area (Å²) in [7, 11) is 0. The van der Waals surface area contributed by atoms with Gasteiger partial charge in [0.2, 0.25) is 0 Å². The number of benzene rings is 1. The van der Waals surface area contributed by atoms with Crippen molar-refractivity contribution >= 4 is 29.3 Å². The van der Waals surface area contributed by atoms with E-state index in [2.05, 4.69) is 11.9 Å². The number of halogens is 1. The number of hydrogen-bond donors (Lipinski definition) is 1. The van der Waals surface area contributed by atoms with Crippen LogP contribution in [-0.2, 0) is 0 Å². The van der Waals surface area contributed by atoms with Crippen LogP contribution in [0.4, 0.5) is 10.5 Å². The summed E-state index contributed by atoms with van der Waals surface area (Å²) in [5.74, 6) is 0.406. The van der Waals surface area contributed by atoms with Crippen molar-refractivity contribution < 1.29 is 19.4 Å². The molecule has 31 heavy (non-hydrogen) atoms. The third-order valence-corrected chi connectivity index (χ3v) is 5.62. The Morgan fingerprint density at radius 2 is 1.87 bits per heavy atom. The molecule has 1 aromatic heterocycles. The van der Waals surface area contributed by atoms with Gasteiger partial charge in [-0.25, -0.2) is 4.79 Å². The van der Waals surface area contributed by atoms with Gasteiger partial charge in [-0.3, -0.25) is 14.7 Å². The molecule has 0 saturated heterocycles. The van der Waals surface area contributed by atoms with E-state index in [0.29, 0.717) is 28.6 Å². The van der Waals surface area contributed by atoms with Crippen molar-refractivity contribution in [1.82, 2.24) is 9.88 Å². The minimum atomic E-state index is -1.08.